The maximum Gasteiger partial charge on any atom is 0.270 e. The van der Waals surface area contributed by atoms with Crippen molar-refractivity contribution in [2.45, 2.75) is 20.4 Å². The molecule has 0 aliphatic carbocycles. The minimum Gasteiger partial charge on any atom is -0.385 e. The smallest absolute Gasteiger partial charge is 0.270 e. The van der Waals surface area contributed by atoms with Crippen molar-refractivity contribution in [1.29, 1.82) is 0 Å². The highest BCUT2D eigenvalue weighted by atomic mass is 16.1. The van der Waals surface area contributed by atoms with Gasteiger partial charge in [-0.1, -0.05) is 13.8 Å². The van der Waals surface area contributed by atoms with Crippen molar-refractivity contribution in [3.63, 3.8) is 0 Å². The summed E-state index contributed by atoms with van der Waals surface area (Å²) in [6.07, 6.45) is 5.05. The number of rotatable bonds is 6. The Kier molecular flexibility index (Phi) is 5.26. The Balaban J connectivity index is 1.94. The van der Waals surface area contributed by atoms with Crippen LogP contribution in [0, 0.1) is 5.92 Å². The number of aromatic nitrogens is 2. The molecule has 0 aliphatic rings. The van der Waals surface area contributed by atoms with E-state index in [-0.39, 0.29) is 5.91 Å². The third kappa shape index (κ3) is 4.87. The van der Waals surface area contributed by atoms with Crippen LogP contribution in [0.5, 0.6) is 0 Å². The molecule has 0 aromatic carbocycles. The van der Waals surface area contributed by atoms with Crippen molar-refractivity contribution in [1.82, 2.24) is 15.3 Å². The van der Waals surface area contributed by atoms with E-state index >= 15 is 0 Å². The fraction of sp³-hybridized carbons (Fsp3) is 0.312. The average molecular weight is 284 g/mol. The van der Waals surface area contributed by atoms with Gasteiger partial charge >= 0.3 is 0 Å². The van der Waals surface area contributed by atoms with E-state index in [1.54, 1.807) is 24.7 Å². The zero-order valence-electron chi connectivity index (χ0n) is 12.3. The highest BCUT2D eigenvalue weighted by Crippen LogP contribution is 2.09. The van der Waals surface area contributed by atoms with E-state index in [4.69, 9.17) is 0 Å². The quantitative estimate of drug-likeness (QED) is 0.855. The van der Waals surface area contributed by atoms with Crippen LogP contribution >= 0.6 is 0 Å². The van der Waals surface area contributed by atoms with Crippen molar-refractivity contribution >= 4 is 11.6 Å². The van der Waals surface area contributed by atoms with E-state index in [9.17, 15) is 4.79 Å². The molecular weight excluding hydrogens is 264 g/mol. The van der Waals surface area contributed by atoms with Gasteiger partial charge in [0.1, 0.15) is 5.69 Å². The lowest BCUT2D eigenvalue weighted by molar-refractivity contribution is 0.0946. The normalized spacial score (nSPS) is 10.4. The standard InChI is InChI=1S/C16H20N4O/c1-12(2)10-19-14-5-8-18-15(9-14)16(21)20-11-13-3-6-17-7-4-13/h3-9,12H,10-11H2,1-2H3,(H,18,19)(H,20,21). The van der Waals surface area contributed by atoms with Gasteiger partial charge in [-0.05, 0) is 35.7 Å². The molecule has 1 amide bonds. The molecule has 0 saturated carbocycles. The molecule has 110 valence electrons. The summed E-state index contributed by atoms with van der Waals surface area (Å²) in [4.78, 5) is 20.1. The van der Waals surface area contributed by atoms with Crippen molar-refractivity contribution in [3.8, 4) is 0 Å². The third-order valence-electron chi connectivity index (χ3n) is 2.91. The first-order valence-electron chi connectivity index (χ1n) is 7.02. The predicted octanol–water partition coefficient (Wildman–Crippen LogP) is 2.47. The summed E-state index contributed by atoms with van der Waals surface area (Å²) < 4.78 is 0. The molecule has 2 aromatic heterocycles. The molecule has 0 aliphatic heterocycles. The Morgan fingerprint density at radius 1 is 1.19 bits per heavy atom. The van der Waals surface area contributed by atoms with Gasteiger partial charge < -0.3 is 10.6 Å². The maximum atomic E-state index is 12.1. The van der Waals surface area contributed by atoms with E-state index in [0.717, 1.165) is 17.8 Å². The fourth-order valence-corrected chi connectivity index (χ4v) is 1.76. The van der Waals surface area contributed by atoms with Gasteiger partial charge in [0.25, 0.3) is 5.91 Å². The minimum atomic E-state index is -0.181. The second-order valence-corrected chi connectivity index (χ2v) is 5.24. The summed E-state index contributed by atoms with van der Waals surface area (Å²) >= 11 is 0. The van der Waals surface area contributed by atoms with Crippen LogP contribution in [0.4, 0.5) is 5.69 Å². The maximum absolute atomic E-state index is 12.1. The summed E-state index contributed by atoms with van der Waals surface area (Å²) in [6, 6.07) is 7.37. The molecule has 0 atom stereocenters. The van der Waals surface area contributed by atoms with Crippen LogP contribution < -0.4 is 10.6 Å². The molecule has 0 fully saturated rings. The molecule has 21 heavy (non-hydrogen) atoms. The predicted molar refractivity (Wildman–Crippen MR) is 83.0 cm³/mol. The van der Waals surface area contributed by atoms with Crippen molar-refractivity contribution < 1.29 is 4.79 Å². The molecule has 2 N–H and O–H groups in total. The van der Waals surface area contributed by atoms with E-state index in [0.29, 0.717) is 18.2 Å². The minimum absolute atomic E-state index is 0.181. The number of nitrogens with one attached hydrogen (secondary N) is 2. The van der Waals surface area contributed by atoms with Crippen molar-refractivity contribution in [2.24, 2.45) is 5.92 Å². The average Bonchev–Trinajstić information content (AvgIpc) is 2.52. The molecule has 5 heteroatoms. The molecule has 2 aromatic rings. The number of anilines is 1. The number of carbonyl (C=O) groups is 1. The van der Waals surface area contributed by atoms with E-state index in [1.807, 2.05) is 18.2 Å². The molecule has 2 rings (SSSR count). The van der Waals surface area contributed by atoms with Crippen LogP contribution in [-0.4, -0.2) is 22.4 Å². The summed E-state index contributed by atoms with van der Waals surface area (Å²) in [6.45, 7) is 5.60. The Labute approximate surface area is 124 Å². The Bertz CT molecular complexity index is 584. The second-order valence-electron chi connectivity index (χ2n) is 5.24. The first-order valence-corrected chi connectivity index (χ1v) is 7.02. The molecule has 0 unspecified atom stereocenters. The van der Waals surface area contributed by atoms with Crippen LogP contribution in [0.3, 0.4) is 0 Å². The van der Waals surface area contributed by atoms with E-state index < -0.39 is 0 Å². The van der Waals surface area contributed by atoms with Crippen LogP contribution in [0.15, 0.2) is 42.9 Å². The molecular formula is C16H20N4O. The number of hydrogen-bond donors (Lipinski definition) is 2. The van der Waals surface area contributed by atoms with Crippen LogP contribution in [-0.2, 0) is 6.54 Å². The third-order valence-corrected chi connectivity index (χ3v) is 2.91. The van der Waals surface area contributed by atoms with Gasteiger partial charge in [-0.25, -0.2) is 0 Å². The summed E-state index contributed by atoms with van der Waals surface area (Å²) in [7, 11) is 0. The zero-order chi connectivity index (χ0) is 15.1. The second kappa shape index (κ2) is 7.38. The monoisotopic (exact) mass is 284 g/mol. The molecule has 0 radical (unpaired) electrons. The molecule has 2 heterocycles. The number of hydrogen-bond acceptors (Lipinski definition) is 4. The lowest BCUT2D eigenvalue weighted by Gasteiger charge is -2.10. The van der Waals surface area contributed by atoms with Gasteiger partial charge in [0, 0.05) is 37.4 Å². The lowest BCUT2D eigenvalue weighted by atomic mass is 10.2. The van der Waals surface area contributed by atoms with E-state index in [2.05, 4.69) is 34.4 Å². The molecule has 0 spiro atoms. The Morgan fingerprint density at radius 3 is 2.67 bits per heavy atom. The highest BCUT2D eigenvalue weighted by Gasteiger charge is 2.07. The van der Waals surface area contributed by atoms with Gasteiger partial charge in [-0.2, -0.15) is 0 Å². The van der Waals surface area contributed by atoms with Gasteiger partial charge in [-0.15, -0.1) is 0 Å². The van der Waals surface area contributed by atoms with Gasteiger partial charge in [0.15, 0.2) is 0 Å². The highest BCUT2D eigenvalue weighted by molar-refractivity contribution is 5.93. The first-order chi connectivity index (χ1) is 10.1. The number of amides is 1. The number of nitrogens with zero attached hydrogens (tertiary/aromatic N) is 2. The summed E-state index contributed by atoms with van der Waals surface area (Å²) in [5.74, 6) is 0.363. The summed E-state index contributed by atoms with van der Waals surface area (Å²) in [5.41, 5.74) is 2.33. The van der Waals surface area contributed by atoms with Crippen LogP contribution in [0.2, 0.25) is 0 Å². The Morgan fingerprint density at radius 2 is 1.95 bits per heavy atom. The zero-order valence-corrected chi connectivity index (χ0v) is 12.3. The lowest BCUT2D eigenvalue weighted by Crippen LogP contribution is -2.24. The molecule has 0 saturated heterocycles. The summed E-state index contributed by atoms with van der Waals surface area (Å²) in [5, 5.41) is 6.14. The van der Waals surface area contributed by atoms with Crippen LogP contribution in [0.25, 0.3) is 0 Å². The Hall–Kier alpha value is -2.43. The largest absolute Gasteiger partial charge is 0.385 e. The van der Waals surface area contributed by atoms with Gasteiger partial charge in [0.05, 0.1) is 0 Å². The fourth-order valence-electron chi connectivity index (χ4n) is 1.76. The molecule has 5 nitrogen and oxygen atoms in total. The molecule has 0 bridgehead atoms. The van der Waals surface area contributed by atoms with Crippen molar-refractivity contribution in [2.75, 3.05) is 11.9 Å². The first kappa shape index (κ1) is 15.0. The topological polar surface area (TPSA) is 66.9 Å². The van der Waals surface area contributed by atoms with Gasteiger partial charge in [-0.3, -0.25) is 14.8 Å². The van der Waals surface area contributed by atoms with E-state index in [1.165, 1.54) is 0 Å². The number of pyridine rings is 2. The van der Waals surface area contributed by atoms with Gasteiger partial charge in [0.2, 0.25) is 0 Å². The van der Waals surface area contributed by atoms with Crippen LogP contribution in [0.1, 0.15) is 29.9 Å². The number of carbonyl (C=O) groups excluding carboxylic acids is 1. The SMILES string of the molecule is CC(C)CNc1ccnc(C(=O)NCc2ccncc2)c1. The van der Waals surface area contributed by atoms with Crippen molar-refractivity contribution in [3.05, 3.63) is 54.1 Å².